The molecule has 0 bridgehead atoms. The van der Waals surface area contributed by atoms with Gasteiger partial charge < -0.3 is 11.5 Å². The van der Waals surface area contributed by atoms with Gasteiger partial charge in [-0.2, -0.15) is 4.68 Å². The summed E-state index contributed by atoms with van der Waals surface area (Å²) >= 11 is 0. The van der Waals surface area contributed by atoms with E-state index in [0.29, 0.717) is 17.3 Å². The van der Waals surface area contributed by atoms with Crippen molar-refractivity contribution < 1.29 is 0 Å². The second kappa shape index (κ2) is 4.40. The van der Waals surface area contributed by atoms with E-state index in [1.165, 1.54) is 0 Å². The van der Waals surface area contributed by atoms with Gasteiger partial charge in [0.15, 0.2) is 11.6 Å². The fourth-order valence-corrected chi connectivity index (χ4v) is 1.55. The Morgan fingerprint density at radius 2 is 1.88 bits per heavy atom. The summed E-state index contributed by atoms with van der Waals surface area (Å²) in [6.07, 6.45) is 1.59. The topological polar surface area (TPSA) is 95.6 Å². The first-order valence-electron chi connectivity index (χ1n) is 5.62. The third kappa shape index (κ3) is 2.06. The minimum absolute atomic E-state index is 0.318. The fraction of sp³-hybridized carbons (Fsp3) is 0.364. The summed E-state index contributed by atoms with van der Waals surface area (Å²) < 4.78 is 1.72. The van der Waals surface area contributed by atoms with Crippen LogP contribution in [0.15, 0.2) is 12.1 Å². The molecule has 6 nitrogen and oxygen atoms in total. The van der Waals surface area contributed by atoms with Gasteiger partial charge in [-0.15, -0.1) is 5.10 Å². The zero-order chi connectivity index (χ0) is 12.4. The van der Waals surface area contributed by atoms with Gasteiger partial charge in [0.25, 0.3) is 0 Å². The summed E-state index contributed by atoms with van der Waals surface area (Å²) in [4.78, 5) is 8.63. The fourth-order valence-electron chi connectivity index (χ4n) is 1.55. The molecule has 2 aromatic rings. The van der Waals surface area contributed by atoms with Crippen LogP contribution in [-0.2, 0) is 12.8 Å². The van der Waals surface area contributed by atoms with Gasteiger partial charge in [0, 0.05) is 12.8 Å². The van der Waals surface area contributed by atoms with Crippen LogP contribution in [0.4, 0.5) is 11.5 Å². The lowest BCUT2D eigenvalue weighted by Crippen LogP contribution is -2.07. The smallest absolute Gasteiger partial charge is 0.158 e. The van der Waals surface area contributed by atoms with E-state index in [4.69, 9.17) is 11.5 Å². The van der Waals surface area contributed by atoms with Crippen LogP contribution in [0.25, 0.3) is 5.82 Å². The van der Waals surface area contributed by atoms with Gasteiger partial charge in [-0.1, -0.05) is 13.8 Å². The molecule has 0 aliphatic carbocycles. The maximum absolute atomic E-state index is 5.69. The highest BCUT2D eigenvalue weighted by molar-refractivity contribution is 5.59. The maximum atomic E-state index is 5.69. The molecule has 0 radical (unpaired) electrons. The molecular weight excluding hydrogens is 216 g/mol. The van der Waals surface area contributed by atoms with Crippen molar-refractivity contribution in [3.05, 3.63) is 23.8 Å². The van der Waals surface area contributed by atoms with Gasteiger partial charge in [0.1, 0.15) is 11.6 Å². The number of hydrogen-bond donors (Lipinski definition) is 2. The van der Waals surface area contributed by atoms with Crippen LogP contribution in [0.1, 0.15) is 25.5 Å². The van der Waals surface area contributed by atoms with Crippen LogP contribution in [0.5, 0.6) is 0 Å². The molecule has 0 spiro atoms. The minimum Gasteiger partial charge on any atom is -0.396 e. The number of pyridine rings is 1. The SMILES string of the molecule is CCc1nc(CC)n(-c2ccc(N)c(N)n2)n1. The molecule has 4 N–H and O–H groups in total. The van der Waals surface area contributed by atoms with Crippen LogP contribution in [0, 0.1) is 0 Å². The molecule has 6 heteroatoms. The largest absolute Gasteiger partial charge is 0.396 e. The Labute approximate surface area is 99.7 Å². The lowest BCUT2D eigenvalue weighted by Gasteiger charge is -2.05. The Balaban J connectivity index is 2.51. The van der Waals surface area contributed by atoms with Gasteiger partial charge in [-0.3, -0.25) is 0 Å². The number of aromatic nitrogens is 4. The van der Waals surface area contributed by atoms with E-state index in [-0.39, 0.29) is 0 Å². The van der Waals surface area contributed by atoms with E-state index >= 15 is 0 Å². The predicted molar refractivity (Wildman–Crippen MR) is 66.7 cm³/mol. The van der Waals surface area contributed by atoms with E-state index in [1.54, 1.807) is 16.8 Å². The number of nitrogen functional groups attached to an aromatic ring is 2. The van der Waals surface area contributed by atoms with E-state index in [9.17, 15) is 0 Å². The average molecular weight is 232 g/mol. The molecule has 0 unspecified atom stereocenters. The van der Waals surface area contributed by atoms with Crippen molar-refractivity contribution in [3.63, 3.8) is 0 Å². The summed E-state index contributed by atoms with van der Waals surface area (Å²) in [5, 5.41) is 4.39. The maximum Gasteiger partial charge on any atom is 0.158 e. The van der Waals surface area contributed by atoms with Crippen molar-refractivity contribution in [2.45, 2.75) is 26.7 Å². The van der Waals surface area contributed by atoms with Gasteiger partial charge in [0.05, 0.1) is 5.69 Å². The van der Waals surface area contributed by atoms with Gasteiger partial charge in [-0.05, 0) is 12.1 Å². The number of aryl methyl sites for hydroxylation is 2. The minimum atomic E-state index is 0.318. The van der Waals surface area contributed by atoms with Crippen molar-refractivity contribution >= 4 is 11.5 Å². The third-order valence-electron chi connectivity index (χ3n) is 2.51. The van der Waals surface area contributed by atoms with Crippen LogP contribution < -0.4 is 11.5 Å². The first-order chi connectivity index (χ1) is 8.15. The van der Waals surface area contributed by atoms with E-state index in [1.807, 2.05) is 13.8 Å². The lowest BCUT2D eigenvalue weighted by molar-refractivity contribution is 0.771. The molecule has 90 valence electrons. The van der Waals surface area contributed by atoms with Crippen LogP contribution in [-0.4, -0.2) is 19.7 Å². The molecule has 0 aromatic carbocycles. The molecule has 0 fully saturated rings. The summed E-state index contributed by atoms with van der Waals surface area (Å²) in [6.45, 7) is 4.05. The Morgan fingerprint density at radius 3 is 2.47 bits per heavy atom. The zero-order valence-corrected chi connectivity index (χ0v) is 10.0. The molecule has 2 aromatic heterocycles. The van der Waals surface area contributed by atoms with Crippen molar-refractivity contribution in [2.75, 3.05) is 11.5 Å². The number of rotatable bonds is 3. The zero-order valence-electron chi connectivity index (χ0n) is 10.0. The monoisotopic (exact) mass is 232 g/mol. The van der Waals surface area contributed by atoms with E-state index in [0.717, 1.165) is 24.5 Å². The molecule has 0 aliphatic rings. The first-order valence-corrected chi connectivity index (χ1v) is 5.62. The third-order valence-corrected chi connectivity index (χ3v) is 2.51. The van der Waals surface area contributed by atoms with Crippen LogP contribution in [0.2, 0.25) is 0 Å². The van der Waals surface area contributed by atoms with Gasteiger partial charge in [-0.25, -0.2) is 9.97 Å². The number of anilines is 2. The second-order valence-electron chi connectivity index (χ2n) is 3.71. The van der Waals surface area contributed by atoms with Crippen LogP contribution in [0.3, 0.4) is 0 Å². The van der Waals surface area contributed by atoms with E-state index < -0.39 is 0 Å². The highest BCUT2D eigenvalue weighted by atomic mass is 15.4. The molecule has 0 aliphatic heterocycles. The van der Waals surface area contributed by atoms with E-state index in [2.05, 4.69) is 15.1 Å². The first kappa shape index (κ1) is 11.4. The quantitative estimate of drug-likeness (QED) is 0.821. The van der Waals surface area contributed by atoms with Gasteiger partial charge in [0.2, 0.25) is 0 Å². The average Bonchev–Trinajstić information content (AvgIpc) is 2.76. The van der Waals surface area contributed by atoms with Crippen molar-refractivity contribution in [3.8, 4) is 5.82 Å². The number of nitrogens with two attached hydrogens (primary N) is 2. The second-order valence-corrected chi connectivity index (χ2v) is 3.71. The Hall–Kier alpha value is -2.11. The predicted octanol–water partition coefficient (Wildman–Crippen LogP) is 0.952. The Bertz CT molecular complexity index is 531. The van der Waals surface area contributed by atoms with Gasteiger partial charge >= 0.3 is 0 Å². The number of hydrogen-bond acceptors (Lipinski definition) is 5. The molecule has 0 atom stereocenters. The summed E-state index contributed by atoms with van der Waals surface area (Å²) in [7, 11) is 0. The molecule has 0 saturated heterocycles. The Morgan fingerprint density at radius 1 is 1.12 bits per heavy atom. The standard InChI is InChI=1S/C11H16N6/c1-3-8-14-9(4-2)17(16-8)10-6-5-7(12)11(13)15-10/h5-6H,3-4,12H2,1-2H3,(H2,13,15). The molecule has 0 saturated carbocycles. The highest BCUT2D eigenvalue weighted by Gasteiger charge is 2.10. The summed E-state index contributed by atoms with van der Waals surface area (Å²) in [6, 6.07) is 3.52. The molecule has 17 heavy (non-hydrogen) atoms. The lowest BCUT2D eigenvalue weighted by atomic mass is 10.3. The number of nitrogens with zero attached hydrogens (tertiary/aromatic N) is 4. The van der Waals surface area contributed by atoms with Crippen molar-refractivity contribution in [1.82, 2.24) is 19.7 Å². The van der Waals surface area contributed by atoms with Crippen molar-refractivity contribution in [1.29, 1.82) is 0 Å². The normalized spacial score (nSPS) is 10.7. The highest BCUT2D eigenvalue weighted by Crippen LogP contribution is 2.15. The molecule has 2 rings (SSSR count). The van der Waals surface area contributed by atoms with Crippen molar-refractivity contribution in [2.24, 2.45) is 0 Å². The van der Waals surface area contributed by atoms with Crippen LogP contribution >= 0.6 is 0 Å². The molecule has 0 amide bonds. The Kier molecular flexibility index (Phi) is 2.95. The molecule has 2 heterocycles. The molecular formula is C11H16N6. The summed E-state index contributed by atoms with van der Waals surface area (Å²) in [5.41, 5.74) is 11.8. The summed E-state index contributed by atoms with van der Waals surface area (Å²) in [5.74, 6) is 2.65.